The van der Waals surface area contributed by atoms with Crippen molar-refractivity contribution in [1.29, 1.82) is 0 Å². The van der Waals surface area contributed by atoms with Crippen LogP contribution in [0.25, 0.3) is 0 Å². The number of hydrogen-bond acceptors (Lipinski definition) is 2. The van der Waals surface area contributed by atoms with E-state index in [9.17, 15) is 4.39 Å². The van der Waals surface area contributed by atoms with E-state index in [1.54, 1.807) is 12.1 Å². The summed E-state index contributed by atoms with van der Waals surface area (Å²) in [6, 6.07) is 5.16. The van der Waals surface area contributed by atoms with Gasteiger partial charge in [-0.3, -0.25) is 0 Å². The molecule has 0 bridgehead atoms. The molecule has 0 saturated carbocycles. The topological polar surface area (TPSA) is 21.3 Å². The first-order chi connectivity index (χ1) is 7.59. The quantitative estimate of drug-likeness (QED) is 0.778. The Morgan fingerprint density at radius 3 is 2.81 bits per heavy atom. The van der Waals surface area contributed by atoms with Gasteiger partial charge in [-0.25, -0.2) is 4.39 Å². The summed E-state index contributed by atoms with van der Waals surface area (Å²) in [4.78, 5) is 0. The molecule has 0 aromatic heterocycles. The molecule has 0 amide bonds. The molecule has 1 rings (SSSR count). The van der Waals surface area contributed by atoms with Crippen molar-refractivity contribution in [3.05, 3.63) is 34.6 Å². The van der Waals surface area contributed by atoms with E-state index in [4.69, 9.17) is 16.3 Å². The fourth-order valence-electron chi connectivity index (χ4n) is 1.24. The third kappa shape index (κ3) is 4.92. The van der Waals surface area contributed by atoms with Gasteiger partial charge < -0.3 is 10.1 Å². The van der Waals surface area contributed by atoms with E-state index in [0.29, 0.717) is 19.3 Å². The van der Waals surface area contributed by atoms with Gasteiger partial charge in [-0.05, 0) is 17.7 Å². The number of halogens is 2. The average molecular weight is 246 g/mol. The Morgan fingerprint density at radius 1 is 1.44 bits per heavy atom. The van der Waals surface area contributed by atoms with Gasteiger partial charge in [0.2, 0.25) is 0 Å². The second-order valence-electron chi connectivity index (χ2n) is 3.91. The standard InChI is InChI=1S/C12H17ClFNO/c1-9(2)15-5-6-16-8-10-3-4-11(13)12(14)7-10/h3-4,7,9,15H,5-6,8H2,1-2H3. The van der Waals surface area contributed by atoms with Crippen molar-refractivity contribution < 1.29 is 9.13 Å². The SMILES string of the molecule is CC(C)NCCOCc1ccc(Cl)c(F)c1. The first kappa shape index (κ1) is 13.4. The van der Waals surface area contributed by atoms with E-state index in [1.807, 2.05) is 0 Å². The van der Waals surface area contributed by atoms with Gasteiger partial charge in [0.05, 0.1) is 18.2 Å². The highest BCUT2D eigenvalue weighted by Crippen LogP contribution is 2.15. The fraction of sp³-hybridized carbons (Fsp3) is 0.500. The zero-order valence-electron chi connectivity index (χ0n) is 9.59. The van der Waals surface area contributed by atoms with Crippen LogP contribution in [0.5, 0.6) is 0 Å². The molecule has 0 fully saturated rings. The molecule has 1 N–H and O–H groups in total. The highest BCUT2D eigenvalue weighted by atomic mass is 35.5. The lowest BCUT2D eigenvalue weighted by Crippen LogP contribution is -2.26. The lowest BCUT2D eigenvalue weighted by atomic mass is 10.2. The van der Waals surface area contributed by atoms with Crippen LogP contribution in [0.15, 0.2) is 18.2 Å². The van der Waals surface area contributed by atoms with Gasteiger partial charge in [0.25, 0.3) is 0 Å². The molecule has 90 valence electrons. The summed E-state index contributed by atoms with van der Waals surface area (Å²) < 4.78 is 18.5. The number of nitrogens with one attached hydrogen (secondary N) is 1. The number of rotatable bonds is 6. The minimum Gasteiger partial charge on any atom is -0.375 e. The molecule has 0 spiro atoms. The molecule has 1 aromatic rings. The highest BCUT2D eigenvalue weighted by Gasteiger charge is 2.01. The van der Waals surface area contributed by atoms with Gasteiger partial charge in [0, 0.05) is 12.6 Å². The summed E-state index contributed by atoms with van der Waals surface area (Å²) >= 11 is 5.57. The largest absolute Gasteiger partial charge is 0.375 e. The van der Waals surface area contributed by atoms with Crippen molar-refractivity contribution in [3.8, 4) is 0 Å². The van der Waals surface area contributed by atoms with Crippen molar-refractivity contribution in [2.75, 3.05) is 13.2 Å². The monoisotopic (exact) mass is 245 g/mol. The Bertz CT molecular complexity index is 331. The summed E-state index contributed by atoms with van der Waals surface area (Å²) in [5, 5.41) is 3.38. The van der Waals surface area contributed by atoms with Crippen LogP contribution in [0, 0.1) is 5.82 Å². The van der Waals surface area contributed by atoms with Gasteiger partial charge in [-0.2, -0.15) is 0 Å². The molecule has 0 atom stereocenters. The maximum absolute atomic E-state index is 13.1. The molecular weight excluding hydrogens is 229 g/mol. The van der Waals surface area contributed by atoms with E-state index in [0.717, 1.165) is 12.1 Å². The molecule has 4 heteroatoms. The van der Waals surface area contributed by atoms with Crippen LogP contribution in [-0.4, -0.2) is 19.2 Å². The predicted molar refractivity (Wildman–Crippen MR) is 64.2 cm³/mol. The molecule has 2 nitrogen and oxygen atoms in total. The summed E-state index contributed by atoms with van der Waals surface area (Å²) in [5.74, 6) is -0.400. The molecule has 16 heavy (non-hydrogen) atoms. The average Bonchev–Trinajstić information content (AvgIpc) is 2.22. The van der Waals surface area contributed by atoms with Crippen molar-refractivity contribution in [3.63, 3.8) is 0 Å². The Labute approximate surface area is 101 Å². The number of ether oxygens (including phenoxy) is 1. The molecular formula is C12H17ClFNO. The predicted octanol–water partition coefficient (Wildman–Crippen LogP) is 2.99. The highest BCUT2D eigenvalue weighted by molar-refractivity contribution is 6.30. The lowest BCUT2D eigenvalue weighted by Gasteiger charge is -2.08. The fourth-order valence-corrected chi connectivity index (χ4v) is 1.36. The second-order valence-corrected chi connectivity index (χ2v) is 4.32. The molecule has 1 aromatic carbocycles. The van der Waals surface area contributed by atoms with Gasteiger partial charge in [-0.1, -0.05) is 31.5 Å². The maximum Gasteiger partial charge on any atom is 0.142 e. The van der Waals surface area contributed by atoms with Crippen LogP contribution in [0.3, 0.4) is 0 Å². The Morgan fingerprint density at radius 2 is 2.19 bits per heavy atom. The van der Waals surface area contributed by atoms with E-state index in [2.05, 4.69) is 19.2 Å². The number of benzene rings is 1. The summed E-state index contributed by atoms with van der Waals surface area (Å²) in [6.07, 6.45) is 0. The van der Waals surface area contributed by atoms with Crippen molar-refractivity contribution in [2.24, 2.45) is 0 Å². The molecule has 0 heterocycles. The second kappa shape index (κ2) is 6.84. The molecule has 0 radical (unpaired) electrons. The maximum atomic E-state index is 13.1. The smallest absolute Gasteiger partial charge is 0.142 e. The van der Waals surface area contributed by atoms with Crippen LogP contribution in [0.1, 0.15) is 19.4 Å². The van der Waals surface area contributed by atoms with Crippen LogP contribution >= 0.6 is 11.6 Å². The van der Waals surface area contributed by atoms with Crippen molar-refractivity contribution in [2.45, 2.75) is 26.5 Å². The van der Waals surface area contributed by atoms with Gasteiger partial charge >= 0.3 is 0 Å². The van der Waals surface area contributed by atoms with Gasteiger partial charge in [0.1, 0.15) is 5.82 Å². The Hall–Kier alpha value is -0.640. The molecule has 0 aliphatic heterocycles. The van der Waals surface area contributed by atoms with Crippen molar-refractivity contribution in [1.82, 2.24) is 5.32 Å². The lowest BCUT2D eigenvalue weighted by molar-refractivity contribution is 0.121. The first-order valence-electron chi connectivity index (χ1n) is 5.34. The van der Waals surface area contributed by atoms with Gasteiger partial charge in [-0.15, -0.1) is 0 Å². The van der Waals surface area contributed by atoms with Crippen LogP contribution in [0.4, 0.5) is 4.39 Å². The molecule has 0 saturated heterocycles. The minimum atomic E-state index is -0.400. The van der Waals surface area contributed by atoms with E-state index < -0.39 is 5.82 Å². The normalized spacial score (nSPS) is 11.1. The molecule has 0 unspecified atom stereocenters. The van der Waals surface area contributed by atoms with Crippen LogP contribution in [-0.2, 0) is 11.3 Å². The molecule has 0 aliphatic carbocycles. The third-order valence-corrected chi connectivity index (χ3v) is 2.36. The van der Waals surface area contributed by atoms with E-state index in [1.165, 1.54) is 6.07 Å². The van der Waals surface area contributed by atoms with Gasteiger partial charge in [0.15, 0.2) is 0 Å². The molecule has 0 aliphatic rings. The Balaban J connectivity index is 2.24. The summed E-state index contributed by atoms with van der Waals surface area (Å²) in [5.41, 5.74) is 0.798. The zero-order chi connectivity index (χ0) is 12.0. The Kier molecular flexibility index (Phi) is 5.74. The van der Waals surface area contributed by atoms with E-state index in [-0.39, 0.29) is 5.02 Å². The van der Waals surface area contributed by atoms with E-state index >= 15 is 0 Å². The minimum absolute atomic E-state index is 0.144. The first-order valence-corrected chi connectivity index (χ1v) is 5.72. The third-order valence-electron chi connectivity index (χ3n) is 2.05. The summed E-state index contributed by atoms with van der Waals surface area (Å²) in [6.45, 7) is 5.98. The number of hydrogen-bond donors (Lipinski definition) is 1. The van der Waals surface area contributed by atoms with Crippen molar-refractivity contribution >= 4 is 11.6 Å². The van der Waals surface area contributed by atoms with Crippen LogP contribution in [0.2, 0.25) is 5.02 Å². The summed E-state index contributed by atoms with van der Waals surface area (Å²) in [7, 11) is 0. The zero-order valence-corrected chi connectivity index (χ0v) is 10.4. The van der Waals surface area contributed by atoms with Crippen LogP contribution < -0.4 is 5.32 Å².